The SMILES string of the molecule is CC(C)NC(=O)[C@H](Cc1ccccc1)N(Cc1cccc(Br)c1)C(=O)CN(c1cc(Cl)ccc1Cl)S(=O)(=O)c1ccccc1. The molecular formula is C33H32BrCl2N3O4S. The number of halogens is 3. The average molecular weight is 718 g/mol. The highest BCUT2D eigenvalue weighted by Crippen LogP contribution is 2.33. The monoisotopic (exact) mass is 715 g/mol. The Morgan fingerprint density at radius 1 is 0.841 bits per heavy atom. The summed E-state index contributed by atoms with van der Waals surface area (Å²) in [7, 11) is -4.29. The predicted octanol–water partition coefficient (Wildman–Crippen LogP) is 7.12. The topological polar surface area (TPSA) is 86.8 Å². The van der Waals surface area contributed by atoms with Crippen LogP contribution < -0.4 is 9.62 Å². The van der Waals surface area contributed by atoms with E-state index in [0.717, 1.165) is 19.9 Å². The van der Waals surface area contributed by atoms with Crippen LogP contribution in [0.25, 0.3) is 0 Å². The van der Waals surface area contributed by atoms with E-state index in [4.69, 9.17) is 23.2 Å². The molecular weight excluding hydrogens is 685 g/mol. The molecule has 0 aliphatic carbocycles. The smallest absolute Gasteiger partial charge is 0.264 e. The van der Waals surface area contributed by atoms with E-state index in [1.165, 1.54) is 35.2 Å². The third kappa shape index (κ3) is 8.63. The van der Waals surface area contributed by atoms with Crippen LogP contribution in [0.15, 0.2) is 112 Å². The largest absolute Gasteiger partial charge is 0.352 e. The Morgan fingerprint density at radius 2 is 1.48 bits per heavy atom. The van der Waals surface area contributed by atoms with Crippen LogP contribution in [0.5, 0.6) is 0 Å². The predicted molar refractivity (Wildman–Crippen MR) is 179 cm³/mol. The Bertz CT molecular complexity index is 1710. The maximum absolute atomic E-state index is 14.5. The van der Waals surface area contributed by atoms with Gasteiger partial charge in [-0.3, -0.25) is 13.9 Å². The van der Waals surface area contributed by atoms with Crippen molar-refractivity contribution in [3.05, 3.63) is 129 Å². The molecule has 0 aromatic heterocycles. The highest BCUT2D eigenvalue weighted by molar-refractivity contribution is 9.10. The van der Waals surface area contributed by atoms with Crippen LogP contribution in [0.2, 0.25) is 10.0 Å². The molecule has 0 aliphatic rings. The molecule has 4 aromatic carbocycles. The molecule has 44 heavy (non-hydrogen) atoms. The van der Waals surface area contributed by atoms with Gasteiger partial charge in [-0.1, -0.05) is 99.8 Å². The Hall–Kier alpha value is -3.37. The Balaban J connectivity index is 1.83. The molecule has 0 spiro atoms. The van der Waals surface area contributed by atoms with Crippen molar-refractivity contribution in [2.45, 2.75) is 43.8 Å². The number of nitrogens with one attached hydrogen (secondary N) is 1. The molecule has 0 radical (unpaired) electrons. The fraction of sp³-hybridized carbons (Fsp3) is 0.212. The summed E-state index contributed by atoms with van der Waals surface area (Å²) in [5.41, 5.74) is 1.64. The van der Waals surface area contributed by atoms with Crippen LogP contribution in [-0.4, -0.2) is 43.8 Å². The average Bonchev–Trinajstić information content (AvgIpc) is 2.99. The van der Waals surface area contributed by atoms with E-state index in [1.807, 2.05) is 68.4 Å². The first kappa shape index (κ1) is 33.5. The number of anilines is 1. The molecule has 1 atom stereocenters. The minimum Gasteiger partial charge on any atom is -0.352 e. The van der Waals surface area contributed by atoms with Gasteiger partial charge >= 0.3 is 0 Å². The molecule has 230 valence electrons. The third-order valence-corrected chi connectivity index (χ3v) is 9.55. The lowest BCUT2D eigenvalue weighted by molar-refractivity contribution is -0.140. The van der Waals surface area contributed by atoms with E-state index in [1.54, 1.807) is 18.2 Å². The van der Waals surface area contributed by atoms with Gasteiger partial charge in [0.1, 0.15) is 12.6 Å². The van der Waals surface area contributed by atoms with Gasteiger partial charge in [0.15, 0.2) is 0 Å². The standard InChI is InChI=1S/C33H32BrCl2N3O4S/c1-23(2)37-33(41)31(19-24-10-5-3-6-11-24)38(21-25-12-9-13-26(34)18-25)32(40)22-39(30-20-27(35)16-17-29(30)36)44(42,43)28-14-7-4-8-15-28/h3-18,20,23,31H,19,21-22H2,1-2H3,(H,37,41)/t31-/m0/s1. The van der Waals surface area contributed by atoms with Crippen LogP contribution >= 0.6 is 39.1 Å². The molecule has 0 unspecified atom stereocenters. The quantitative estimate of drug-likeness (QED) is 0.169. The Morgan fingerprint density at radius 3 is 2.11 bits per heavy atom. The summed E-state index contributed by atoms with van der Waals surface area (Å²) < 4.78 is 29.9. The second-order valence-electron chi connectivity index (χ2n) is 10.4. The maximum atomic E-state index is 14.5. The fourth-order valence-electron chi connectivity index (χ4n) is 4.68. The zero-order valence-electron chi connectivity index (χ0n) is 24.2. The molecule has 11 heteroatoms. The van der Waals surface area contributed by atoms with Gasteiger partial charge in [0.05, 0.1) is 15.6 Å². The number of benzene rings is 4. The van der Waals surface area contributed by atoms with E-state index in [2.05, 4.69) is 21.2 Å². The lowest BCUT2D eigenvalue weighted by Crippen LogP contribution is -2.54. The zero-order valence-corrected chi connectivity index (χ0v) is 28.1. The Kier molecular flexibility index (Phi) is 11.5. The van der Waals surface area contributed by atoms with Crippen molar-refractivity contribution in [3.63, 3.8) is 0 Å². The first-order valence-electron chi connectivity index (χ1n) is 13.9. The lowest BCUT2D eigenvalue weighted by Gasteiger charge is -2.34. The lowest BCUT2D eigenvalue weighted by atomic mass is 10.0. The number of amides is 2. The fourth-order valence-corrected chi connectivity index (χ4v) is 7.01. The summed E-state index contributed by atoms with van der Waals surface area (Å²) >= 11 is 16.3. The number of sulfonamides is 1. The normalized spacial score (nSPS) is 12.0. The molecule has 0 bridgehead atoms. The van der Waals surface area contributed by atoms with E-state index in [-0.39, 0.29) is 45.5 Å². The summed E-state index contributed by atoms with van der Waals surface area (Å²) in [4.78, 5) is 29.6. The second kappa shape index (κ2) is 15.1. The van der Waals surface area contributed by atoms with Gasteiger partial charge in [-0.05, 0) is 67.4 Å². The highest BCUT2D eigenvalue weighted by atomic mass is 79.9. The van der Waals surface area contributed by atoms with Crippen LogP contribution in [0, 0.1) is 0 Å². The van der Waals surface area contributed by atoms with Gasteiger partial charge < -0.3 is 10.2 Å². The van der Waals surface area contributed by atoms with E-state index < -0.39 is 28.5 Å². The van der Waals surface area contributed by atoms with Gasteiger partial charge in [-0.25, -0.2) is 8.42 Å². The van der Waals surface area contributed by atoms with Crippen LogP contribution in [0.4, 0.5) is 5.69 Å². The van der Waals surface area contributed by atoms with Crippen molar-refractivity contribution in [1.82, 2.24) is 10.2 Å². The summed E-state index contributed by atoms with van der Waals surface area (Å²) in [5.74, 6) is -0.953. The molecule has 2 amide bonds. The first-order valence-corrected chi connectivity index (χ1v) is 16.9. The molecule has 0 fully saturated rings. The molecule has 7 nitrogen and oxygen atoms in total. The molecule has 4 aromatic rings. The third-order valence-electron chi connectivity index (χ3n) is 6.73. The van der Waals surface area contributed by atoms with Crippen molar-refractivity contribution in [1.29, 1.82) is 0 Å². The van der Waals surface area contributed by atoms with Crippen molar-refractivity contribution in [2.24, 2.45) is 0 Å². The summed E-state index contributed by atoms with van der Waals surface area (Å²) in [6.45, 7) is 3.09. The van der Waals surface area contributed by atoms with Gasteiger partial charge in [0.2, 0.25) is 11.8 Å². The maximum Gasteiger partial charge on any atom is 0.264 e. The minimum atomic E-state index is -4.29. The van der Waals surface area contributed by atoms with E-state index in [0.29, 0.717) is 0 Å². The molecule has 0 aliphatic heterocycles. The van der Waals surface area contributed by atoms with Crippen LogP contribution in [0.3, 0.4) is 0 Å². The number of rotatable bonds is 12. The first-order chi connectivity index (χ1) is 21.0. The van der Waals surface area contributed by atoms with Crippen molar-refractivity contribution in [2.75, 3.05) is 10.8 Å². The van der Waals surface area contributed by atoms with Crippen LogP contribution in [0.1, 0.15) is 25.0 Å². The summed E-state index contributed by atoms with van der Waals surface area (Å²) in [6.07, 6.45) is 0.211. The number of hydrogen-bond acceptors (Lipinski definition) is 4. The van der Waals surface area contributed by atoms with Crippen LogP contribution in [-0.2, 0) is 32.6 Å². The molecule has 4 rings (SSSR count). The number of hydrogen-bond donors (Lipinski definition) is 1. The van der Waals surface area contributed by atoms with Crippen molar-refractivity contribution in [3.8, 4) is 0 Å². The number of carbonyl (C=O) groups is 2. The van der Waals surface area contributed by atoms with Gasteiger partial charge in [-0.2, -0.15) is 0 Å². The molecule has 0 saturated carbocycles. The van der Waals surface area contributed by atoms with Gasteiger partial charge in [0, 0.05) is 28.5 Å². The highest BCUT2D eigenvalue weighted by Gasteiger charge is 2.35. The van der Waals surface area contributed by atoms with E-state index >= 15 is 0 Å². The van der Waals surface area contributed by atoms with Crippen molar-refractivity contribution < 1.29 is 18.0 Å². The molecule has 0 heterocycles. The van der Waals surface area contributed by atoms with Crippen molar-refractivity contribution >= 4 is 66.7 Å². The van der Waals surface area contributed by atoms with E-state index in [9.17, 15) is 18.0 Å². The summed E-state index contributed by atoms with van der Waals surface area (Å²) in [5, 5.41) is 3.28. The molecule has 0 saturated heterocycles. The Labute approximate surface area is 277 Å². The zero-order chi connectivity index (χ0) is 31.9. The minimum absolute atomic E-state index is 0.0271. The van der Waals surface area contributed by atoms with Gasteiger partial charge in [0.25, 0.3) is 10.0 Å². The van der Waals surface area contributed by atoms with Gasteiger partial charge in [-0.15, -0.1) is 0 Å². The number of nitrogens with zero attached hydrogens (tertiary/aromatic N) is 2. The summed E-state index contributed by atoms with van der Waals surface area (Å²) in [6, 6.07) is 27.8. The molecule has 1 N–H and O–H groups in total. The second-order valence-corrected chi connectivity index (χ2v) is 14.1. The number of carbonyl (C=O) groups excluding carboxylic acids is 2.